The third kappa shape index (κ3) is 7.66. The molecule has 0 aromatic carbocycles. The van der Waals surface area contributed by atoms with Crippen molar-refractivity contribution in [2.75, 3.05) is 6.54 Å². The lowest BCUT2D eigenvalue weighted by Crippen LogP contribution is -2.13. The average molecular weight is 282 g/mol. The van der Waals surface area contributed by atoms with Gasteiger partial charge in [0, 0.05) is 11.8 Å². The van der Waals surface area contributed by atoms with Gasteiger partial charge in [0.1, 0.15) is 0 Å². The van der Waals surface area contributed by atoms with E-state index in [9.17, 15) is 0 Å². The molecule has 0 heterocycles. The molecule has 16 heavy (non-hydrogen) atoms. The van der Waals surface area contributed by atoms with Crippen LogP contribution in [0.4, 0.5) is 0 Å². The Morgan fingerprint density at radius 1 is 1.44 bits per heavy atom. The molecule has 1 N–H and O–H groups in total. The summed E-state index contributed by atoms with van der Waals surface area (Å²) in [5.41, 5.74) is -2.03. The fourth-order valence-electron chi connectivity index (χ4n) is 0.878. The first-order chi connectivity index (χ1) is 7.43. The summed E-state index contributed by atoms with van der Waals surface area (Å²) >= 11 is 7.31. The Kier molecular flexibility index (Phi) is 8.74. The topological polar surface area (TPSA) is 33.6 Å². The lowest BCUT2D eigenvalue weighted by atomic mass is 10.4. The molecule has 0 bridgehead atoms. The van der Waals surface area contributed by atoms with Crippen LogP contribution in [0.1, 0.15) is 41.0 Å². The van der Waals surface area contributed by atoms with Crippen molar-refractivity contribution in [2.24, 2.45) is 4.99 Å². The molecule has 0 aromatic rings. The van der Waals surface area contributed by atoms with E-state index in [2.05, 4.69) is 23.9 Å². The number of hydrogen-bond acceptors (Lipinski definition) is 4. The van der Waals surface area contributed by atoms with Gasteiger partial charge in [-0.2, -0.15) is 0 Å². The van der Waals surface area contributed by atoms with E-state index in [0.717, 1.165) is 13.0 Å². The monoisotopic (exact) mass is 282 g/mol. The van der Waals surface area contributed by atoms with Gasteiger partial charge in [0.2, 0.25) is 5.62 Å². The zero-order chi connectivity index (χ0) is 12.6. The van der Waals surface area contributed by atoms with Gasteiger partial charge in [0.25, 0.3) is 0 Å². The Hall–Kier alpha value is 0.430. The van der Waals surface area contributed by atoms with Crippen molar-refractivity contribution in [2.45, 2.75) is 52.4 Å². The highest BCUT2D eigenvalue weighted by Crippen LogP contribution is 2.59. The lowest BCUT2D eigenvalue weighted by Gasteiger charge is -2.25. The molecule has 2 unspecified atom stereocenters. The van der Waals surface area contributed by atoms with Crippen molar-refractivity contribution in [1.82, 2.24) is 5.09 Å². The third-order valence-electron chi connectivity index (χ3n) is 1.73. The summed E-state index contributed by atoms with van der Waals surface area (Å²) in [4.78, 5) is 4.13. The second kappa shape index (κ2) is 8.51. The van der Waals surface area contributed by atoms with Crippen LogP contribution in [0.15, 0.2) is 4.99 Å². The Bertz CT molecular complexity index is 259. The molecule has 0 radical (unpaired) electrons. The first-order valence-corrected chi connectivity index (χ1v) is 9.87. The highest BCUT2D eigenvalue weighted by molar-refractivity contribution is 8.69. The molecule has 0 fully saturated rings. The molecule has 2 atom stereocenters. The van der Waals surface area contributed by atoms with Crippen LogP contribution in [0.5, 0.6) is 0 Å². The van der Waals surface area contributed by atoms with E-state index in [1.54, 1.807) is 17.7 Å². The van der Waals surface area contributed by atoms with E-state index in [1.807, 2.05) is 20.8 Å². The van der Waals surface area contributed by atoms with Crippen molar-refractivity contribution < 1.29 is 4.52 Å². The van der Waals surface area contributed by atoms with Gasteiger partial charge in [-0.3, -0.25) is 4.99 Å². The quantitative estimate of drug-likeness (QED) is 0.417. The summed E-state index contributed by atoms with van der Waals surface area (Å²) in [5, 5.41) is 3.68. The van der Waals surface area contributed by atoms with Gasteiger partial charge >= 0.3 is 0 Å². The molecule has 0 aliphatic carbocycles. The second-order valence-electron chi connectivity index (χ2n) is 3.73. The fraction of sp³-hybridized carbons (Fsp3) is 0.900. The molecular weight excluding hydrogens is 259 g/mol. The summed E-state index contributed by atoms with van der Waals surface area (Å²) < 4.78 is 5.84. The molecule has 0 aliphatic rings. The van der Waals surface area contributed by atoms with Crippen LogP contribution in [0.25, 0.3) is 0 Å². The van der Waals surface area contributed by atoms with Gasteiger partial charge < -0.3 is 9.61 Å². The summed E-state index contributed by atoms with van der Waals surface area (Å²) in [5.74, 6) is 0. The van der Waals surface area contributed by atoms with Crippen LogP contribution in [0.2, 0.25) is 0 Å². The van der Waals surface area contributed by atoms with Gasteiger partial charge in [0.05, 0.1) is 12.4 Å². The zero-order valence-electron chi connectivity index (χ0n) is 10.8. The Labute approximate surface area is 109 Å². The van der Waals surface area contributed by atoms with E-state index >= 15 is 0 Å². The lowest BCUT2D eigenvalue weighted by molar-refractivity contribution is 0.274. The summed E-state index contributed by atoms with van der Waals surface area (Å²) in [6.07, 6.45) is 2.93. The molecule has 0 saturated carbocycles. The molecule has 6 heteroatoms. The normalized spacial score (nSPS) is 17.6. The largest absolute Gasteiger partial charge is 0.324 e. The number of aliphatic imine (C=N–C) groups is 1. The van der Waals surface area contributed by atoms with Crippen molar-refractivity contribution in [3.8, 4) is 0 Å². The molecule has 0 aromatic heterocycles. The molecule has 3 nitrogen and oxygen atoms in total. The molecule has 0 aliphatic heterocycles. The van der Waals surface area contributed by atoms with Crippen molar-refractivity contribution in [3.05, 3.63) is 0 Å². The zero-order valence-corrected chi connectivity index (χ0v) is 13.3. The molecule has 0 amide bonds. The first kappa shape index (κ1) is 16.4. The number of nitrogens with one attached hydrogen (secondary N) is 1. The van der Waals surface area contributed by atoms with Gasteiger partial charge in [-0.25, -0.2) is 0 Å². The maximum atomic E-state index is 5.84. The summed E-state index contributed by atoms with van der Waals surface area (Å²) in [7, 11) is 0. The van der Waals surface area contributed by atoms with Crippen LogP contribution >= 0.6 is 17.0 Å². The fourth-order valence-corrected chi connectivity index (χ4v) is 7.29. The highest BCUT2D eigenvalue weighted by atomic mass is 32.9. The third-order valence-corrected chi connectivity index (χ3v) is 7.67. The van der Waals surface area contributed by atoms with Crippen molar-refractivity contribution >= 4 is 35.1 Å². The minimum atomic E-state index is -2.03. The number of rotatable bonds is 8. The molecule has 0 saturated heterocycles. The first-order valence-electron chi connectivity index (χ1n) is 5.66. The van der Waals surface area contributed by atoms with E-state index in [-0.39, 0.29) is 6.10 Å². The van der Waals surface area contributed by atoms with E-state index < -0.39 is 5.62 Å². The van der Waals surface area contributed by atoms with Crippen LogP contribution in [0, 0.1) is 0 Å². The maximum Gasteiger partial charge on any atom is 0.211 e. The van der Waals surface area contributed by atoms with Gasteiger partial charge in [0.15, 0.2) is 0 Å². The van der Waals surface area contributed by atoms with E-state index in [1.165, 1.54) is 0 Å². The Morgan fingerprint density at radius 3 is 2.50 bits per heavy atom. The Morgan fingerprint density at radius 2 is 2.06 bits per heavy atom. The molecule has 0 spiro atoms. The predicted octanol–water partition coefficient (Wildman–Crippen LogP) is 3.81. The molecule has 96 valence electrons. The SMILES string of the molecule is CCN=CNP(=S)(OC(C)C)SC(C)CC. The van der Waals surface area contributed by atoms with Gasteiger partial charge in [-0.1, -0.05) is 25.2 Å². The van der Waals surface area contributed by atoms with Crippen LogP contribution in [0.3, 0.4) is 0 Å². The van der Waals surface area contributed by atoms with Crippen molar-refractivity contribution in [1.29, 1.82) is 0 Å². The number of hydrogen-bond donors (Lipinski definition) is 1. The summed E-state index contributed by atoms with van der Waals surface area (Å²) in [6, 6.07) is 0. The van der Waals surface area contributed by atoms with Crippen LogP contribution in [-0.4, -0.2) is 24.2 Å². The van der Waals surface area contributed by atoms with E-state index in [0.29, 0.717) is 5.25 Å². The average Bonchev–Trinajstić information content (AvgIpc) is 2.16. The van der Waals surface area contributed by atoms with Gasteiger partial charge in [-0.15, -0.1) is 0 Å². The molecular formula is C10H23N2OPS2. The number of nitrogens with zero attached hydrogens (tertiary/aromatic N) is 1. The molecule has 0 rings (SSSR count). The van der Waals surface area contributed by atoms with Crippen molar-refractivity contribution in [3.63, 3.8) is 0 Å². The standard InChI is InChI=1S/C10H23N2OPS2/c1-6-10(5)16-14(15,13-9(3)4)12-8-11-7-2/h8-10H,6-7H2,1-5H3,(H,11,12,15). The summed E-state index contributed by atoms with van der Waals surface area (Å²) in [6.45, 7) is 11.1. The maximum absolute atomic E-state index is 5.84. The van der Waals surface area contributed by atoms with Crippen LogP contribution in [-0.2, 0) is 16.3 Å². The second-order valence-corrected chi connectivity index (χ2v) is 10.6. The minimum absolute atomic E-state index is 0.143. The predicted molar refractivity (Wildman–Crippen MR) is 80.0 cm³/mol. The van der Waals surface area contributed by atoms with Crippen LogP contribution < -0.4 is 5.09 Å². The highest BCUT2D eigenvalue weighted by Gasteiger charge is 2.21. The van der Waals surface area contributed by atoms with E-state index in [4.69, 9.17) is 16.3 Å². The van der Waals surface area contributed by atoms with Gasteiger partial charge in [-0.05, 0) is 39.0 Å². The smallest absolute Gasteiger partial charge is 0.211 e. The minimum Gasteiger partial charge on any atom is -0.324 e. The Balaban J connectivity index is 4.48.